The number of hydrogen-bond acceptors (Lipinski definition) is 5. The molecule has 0 radical (unpaired) electrons. The number of fused-ring (bicyclic) bond motifs is 1. The molecular formula is C31H35N3O4. The maximum absolute atomic E-state index is 14.0. The summed E-state index contributed by atoms with van der Waals surface area (Å²) in [6.45, 7) is 9.15. The van der Waals surface area contributed by atoms with Gasteiger partial charge in [-0.3, -0.25) is 14.2 Å². The molecule has 38 heavy (non-hydrogen) atoms. The van der Waals surface area contributed by atoms with Crippen molar-refractivity contribution < 1.29 is 14.3 Å². The Hall–Kier alpha value is -4.13. The van der Waals surface area contributed by atoms with Crippen LogP contribution in [0.3, 0.4) is 0 Å². The number of amides is 1. The Balaban J connectivity index is 1.92. The quantitative estimate of drug-likeness (QED) is 0.258. The number of rotatable bonds is 10. The summed E-state index contributed by atoms with van der Waals surface area (Å²) in [5.74, 6) is 1.93. The number of para-hydroxylation sites is 1. The minimum Gasteiger partial charge on any atom is -0.497 e. The molecule has 7 heteroatoms. The van der Waals surface area contributed by atoms with Gasteiger partial charge in [-0.15, -0.1) is 0 Å². The van der Waals surface area contributed by atoms with E-state index >= 15 is 0 Å². The first-order chi connectivity index (χ1) is 18.4. The monoisotopic (exact) mass is 513 g/mol. The standard InChI is InChI=1S/C31H35N3O4/c1-6-28(33(20-21(3)4)30(35)22-11-10-12-25(19-22)37-5)29-32-27-14-9-8-13-26(27)31(36)34(29)23-15-17-24(18-16-23)38-7-2/h8-19,21,28H,6-7,20H2,1-5H3. The zero-order valence-electron chi connectivity index (χ0n) is 22.7. The predicted molar refractivity (Wildman–Crippen MR) is 150 cm³/mol. The second kappa shape index (κ2) is 11.9. The van der Waals surface area contributed by atoms with Crippen LogP contribution in [0, 0.1) is 5.92 Å². The van der Waals surface area contributed by atoms with Gasteiger partial charge in [-0.2, -0.15) is 0 Å². The van der Waals surface area contributed by atoms with Crippen LogP contribution in [0.4, 0.5) is 0 Å². The van der Waals surface area contributed by atoms with Gasteiger partial charge in [0.15, 0.2) is 0 Å². The van der Waals surface area contributed by atoms with Gasteiger partial charge in [-0.25, -0.2) is 4.98 Å². The van der Waals surface area contributed by atoms with E-state index in [0.717, 1.165) is 5.75 Å². The van der Waals surface area contributed by atoms with E-state index in [1.54, 1.807) is 29.9 Å². The Morgan fingerprint density at radius 3 is 2.37 bits per heavy atom. The van der Waals surface area contributed by atoms with Crippen LogP contribution in [0.5, 0.6) is 11.5 Å². The van der Waals surface area contributed by atoms with Crippen molar-refractivity contribution in [3.63, 3.8) is 0 Å². The van der Waals surface area contributed by atoms with Crippen molar-refractivity contribution in [3.8, 4) is 17.2 Å². The van der Waals surface area contributed by atoms with E-state index in [4.69, 9.17) is 14.5 Å². The highest BCUT2D eigenvalue weighted by atomic mass is 16.5. The minimum atomic E-state index is -0.444. The summed E-state index contributed by atoms with van der Waals surface area (Å²) in [5.41, 5.74) is 1.63. The molecule has 1 amide bonds. The molecule has 0 aliphatic rings. The molecule has 3 aromatic carbocycles. The lowest BCUT2D eigenvalue weighted by molar-refractivity contribution is 0.0631. The molecule has 4 aromatic rings. The van der Waals surface area contributed by atoms with Crippen molar-refractivity contribution in [1.29, 1.82) is 0 Å². The topological polar surface area (TPSA) is 73.7 Å². The van der Waals surface area contributed by atoms with Crippen LogP contribution in [-0.2, 0) is 0 Å². The molecule has 198 valence electrons. The Morgan fingerprint density at radius 2 is 1.71 bits per heavy atom. The summed E-state index contributed by atoms with van der Waals surface area (Å²) in [6.07, 6.45) is 0.574. The summed E-state index contributed by atoms with van der Waals surface area (Å²) in [5, 5.41) is 0.523. The molecule has 0 N–H and O–H groups in total. The van der Waals surface area contributed by atoms with Crippen LogP contribution >= 0.6 is 0 Å². The number of carbonyl (C=O) groups excluding carboxylic acids is 1. The molecule has 0 aliphatic heterocycles. The Morgan fingerprint density at radius 1 is 0.974 bits per heavy atom. The highest BCUT2D eigenvalue weighted by Crippen LogP contribution is 2.29. The lowest BCUT2D eigenvalue weighted by Gasteiger charge is -2.33. The van der Waals surface area contributed by atoms with E-state index in [-0.39, 0.29) is 17.4 Å². The first-order valence-corrected chi connectivity index (χ1v) is 13.1. The number of carbonyl (C=O) groups is 1. The molecule has 1 heterocycles. The van der Waals surface area contributed by atoms with Crippen molar-refractivity contribution in [3.05, 3.63) is 94.5 Å². The van der Waals surface area contributed by atoms with Gasteiger partial charge in [0.2, 0.25) is 0 Å². The van der Waals surface area contributed by atoms with Gasteiger partial charge >= 0.3 is 0 Å². The van der Waals surface area contributed by atoms with Crippen molar-refractivity contribution in [2.75, 3.05) is 20.3 Å². The van der Waals surface area contributed by atoms with Crippen molar-refractivity contribution >= 4 is 16.8 Å². The minimum absolute atomic E-state index is 0.134. The van der Waals surface area contributed by atoms with E-state index in [0.29, 0.717) is 53.3 Å². The van der Waals surface area contributed by atoms with Crippen molar-refractivity contribution in [2.24, 2.45) is 5.92 Å². The molecular weight excluding hydrogens is 478 g/mol. The van der Waals surface area contributed by atoms with Gasteiger partial charge in [-0.1, -0.05) is 39.0 Å². The first kappa shape index (κ1) is 26.9. The molecule has 1 unspecified atom stereocenters. The highest BCUT2D eigenvalue weighted by Gasteiger charge is 2.30. The zero-order chi connectivity index (χ0) is 27.2. The summed E-state index contributed by atoms with van der Waals surface area (Å²) in [6, 6.07) is 21.5. The van der Waals surface area contributed by atoms with Crippen LogP contribution in [0.25, 0.3) is 16.6 Å². The smallest absolute Gasteiger partial charge is 0.266 e. The third kappa shape index (κ3) is 5.57. The average molecular weight is 514 g/mol. The van der Waals surface area contributed by atoms with Crippen molar-refractivity contribution in [1.82, 2.24) is 14.5 Å². The van der Waals surface area contributed by atoms with E-state index < -0.39 is 6.04 Å². The molecule has 0 fully saturated rings. The summed E-state index contributed by atoms with van der Waals surface area (Å²) >= 11 is 0. The summed E-state index contributed by atoms with van der Waals surface area (Å²) in [7, 11) is 1.58. The molecule has 0 bridgehead atoms. The Bertz CT molecular complexity index is 1460. The number of benzene rings is 3. The number of hydrogen-bond donors (Lipinski definition) is 0. The normalized spacial score (nSPS) is 11.9. The third-order valence-corrected chi connectivity index (χ3v) is 6.41. The van der Waals surface area contributed by atoms with Crippen LogP contribution in [0.1, 0.15) is 56.3 Å². The number of nitrogens with zero attached hydrogens (tertiary/aromatic N) is 3. The van der Waals surface area contributed by atoms with Crippen LogP contribution < -0.4 is 15.0 Å². The Kier molecular flexibility index (Phi) is 8.46. The van der Waals surface area contributed by atoms with Crippen LogP contribution in [-0.4, -0.2) is 40.6 Å². The second-order valence-electron chi connectivity index (χ2n) is 9.56. The van der Waals surface area contributed by atoms with Gasteiger partial charge < -0.3 is 14.4 Å². The lowest BCUT2D eigenvalue weighted by atomic mass is 10.0. The maximum Gasteiger partial charge on any atom is 0.266 e. The number of methoxy groups -OCH3 is 1. The summed E-state index contributed by atoms with van der Waals surface area (Å²) < 4.78 is 12.6. The third-order valence-electron chi connectivity index (χ3n) is 6.41. The molecule has 7 nitrogen and oxygen atoms in total. The fourth-order valence-electron chi connectivity index (χ4n) is 4.69. The van der Waals surface area contributed by atoms with Crippen molar-refractivity contribution in [2.45, 2.75) is 40.2 Å². The Labute approximate surface area is 223 Å². The molecule has 0 aliphatic carbocycles. The SMILES string of the molecule is CCOc1ccc(-n2c(C(CC)N(CC(C)C)C(=O)c3cccc(OC)c3)nc3ccccc3c2=O)cc1. The van der Waals surface area contributed by atoms with Gasteiger partial charge in [0, 0.05) is 12.1 Å². The lowest BCUT2D eigenvalue weighted by Crippen LogP contribution is -2.40. The van der Waals surface area contributed by atoms with E-state index in [2.05, 4.69) is 13.8 Å². The molecule has 0 saturated carbocycles. The maximum atomic E-state index is 14.0. The zero-order valence-corrected chi connectivity index (χ0v) is 22.7. The highest BCUT2D eigenvalue weighted by molar-refractivity contribution is 5.95. The van der Waals surface area contributed by atoms with Gasteiger partial charge in [-0.05, 0) is 73.9 Å². The fraction of sp³-hybridized carbons (Fsp3) is 0.323. The molecule has 1 atom stereocenters. The van der Waals surface area contributed by atoms with E-state index in [1.807, 2.05) is 73.3 Å². The fourth-order valence-corrected chi connectivity index (χ4v) is 4.69. The molecule has 0 spiro atoms. The molecule has 1 aromatic heterocycles. The molecule has 0 saturated heterocycles. The number of ether oxygens (including phenoxy) is 2. The van der Waals surface area contributed by atoms with Crippen LogP contribution in [0.2, 0.25) is 0 Å². The van der Waals surface area contributed by atoms with Gasteiger partial charge in [0.1, 0.15) is 17.3 Å². The largest absolute Gasteiger partial charge is 0.497 e. The predicted octanol–water partition coefficient (Wildman–Crippen LogP) is 6.04. The average Bonchev–Trinajstić information content (AvgIpc) is 2.93. The first-order valence-electron chi connectivity index (χ1n) is 13.1. The van der Waals surface area contributed by atoms with Crippen LogP contribution in [0.15, 0.2) is 77.6 Å². The van der Waals surface area contributed by atoms with E-state index in [9.17, 15) is 9.59 Å². The number of aromatic nitrogens is 2. The van der Waals surface area contributed by atoms with E-state index in [1.165, 1.54) is 0 Å². The van der Waals surface area contributed by atoms with Gasteiger partial charge in [0.05, 0.1) is 36.3 Å². The summed E-state index contributed by atoms with van der Waals surface area (Å²) in [4.78, 5) is 34.7. The van der Waals surface area contributed by atoms with Gasteiger partial charge in [0.25, 0.3) is 11.5 Å². The second-order valence-corrected chi connectivity index (χ2v) is 9.56. The molecule has 4 rings (SSSR count).